The summed E-state index contributed by atoms with van der Waals surface area (Å²) >= 11 is 6.39. The van der Waals surface area contributed by atoms with Crippen molar-refractivity contribution in [1.29, 1.82) is 0 Å². The van der Waals surface area contributed by atoms with Gasteiger partial charge >= 0.3 is 0 Å². The minimum Gasteiger partial charge on any atom is -0.493 e. The number of carbonyl (C=O) groups excluding carboxylic acids is 1. The topological polar surface area (TPSA) is 38.8 Å². The number of aryl methyl sites for hydroxylation is 2. The summed E-state index contributed by atoms with van der Waals surface area (Å²) in [7, 11) is 1.55. The van der Waals surface area contributed by atoms with Crippen LogP contribution >= 0.6 is 11.6 Å². The number of halogens is 1. The van der Waals surface area contributed by atoms with E-state index in [9.17, 15) is 4.79 Å². The van der Waals surface area contributed by atoms with Crippen molar-refractivity contribution in [3.8, 4) is 11.5 Å². The summed E-state index contributed by atoms with van der Waals surface area (Å²) in [5.41, 5.74) is 3.89. The molecule has 2 aromatic rings. The Kier molecular flexibility index (Phi) is 5.42. The molecule has 0 unspecified atom stereocenters. The lowest BCUT2D eigenvalue weighted by molar-refractivity contribution is 0.0984. The summed E-state index contributed by atoms with van der Waals surface area (Å²) < 4.78 is 11.1. The Morgan fingerprint density at radius 2 is 2.00 bits per heavy atom. The zero-order valence-corrected chi connectivity index (χ0v) is 16.4. The van der Waals surface area contributed by atoms with Gasteiger partial charge in [-0.3, -0.25) is 4.79 Å². The monoisotopic (exact) mass is 373 g/mol. The van der Waals surface area contributed by atoms with Crippen molar-refractivity contribution >= 4 is 23.2 Å². The number of ether oxygens (including phenoxy) is 2. The number of amides is 1. The fourth-order valence-corrected chi connectivity index (χ4v) is 3.54. The Morgan fingerprint density at radius 3 is 2.69 bits per heavy atom. The van der Waals surface area contributed by atoms with Crippen molar-refractivity contribution in [1.82, 2.24) is 0 Å². The Hall–Kier alpha value is -2.20. The molecule has 0 fully saturated rings. The van der Waals surface area contributed by atoms with Crippen LogP contribution in [0.3, 0.4) is 0 Å². The number of nitrogens with zero attached hydrogens (tertiary/aromatic N) is 1. The summed E-state index contributed by atoms with van der Waals surface area (Å²) in [5, 5.41) is 0.377. The highest BCUT2D eigenvalue weighted by Gasteiger charge is 2.25. The van der Waals surface area contributed by atoms with E-state index in [2.05, 4.69) is 13.0 Å². The van der Waals surface area contributed by atoms with Gasteiger partial charge < -0.3 is 14.4 Å². The zero-order chi connectivity index (χ0) is 18.8. The number of hydrogen-bond donors (Lipinski definition) is 0. The molecule has 0 saturated heterocycles. The Labute approximate surface area is 159 Å². The van der Waals surface area contributed by atoms with E-state index in [0.29, 0.717) is 28.6 Å². The molecule has 0 spiro atoms. The van der Waals surface area contributed by atoms with Gasteiger partial charge in [-0.15, -0.1) is 0 Å². The predicted molar refractivity (Wildman–Crippen MR) is 105 cm³/mol. The fraction of sp³-hybridized carbons (Fsp3) is 0.381. The number of methoxy groups -OCH3 is 1. The van der Waals surface area contributed by atoms with Gasteiger partial charge in [0, 0.05) is 17.8 Å². The first kappa shape index (κ1) is 18.6. The van der Waals surface area contributed by atoms with E-state index in [0.717, 1.165) is 18.5 Å². The highest BCUT2D eigenvalue weighted by Crippen LogP contribution is 2.38. The lowest BCUT2D eigenvalue weighted by atomic mass is 9.98. The van der Waals surface area contributed by atoms with E-state index in [-0.39, 0.29) is 12.0 Å². The molecule has 1 aliphatic rings. The maximum absolute atomic E-state index is 13.2. The van der Waals surface area contributed by atoms with Gasteiger partial charge in [0.2, 0.25) is 0 Å². The van der Waals surface area contributed by atoms with Gasteiger partial charge in [0.25, 0.3) is 5.91 Å². The van der Waals surface area contributed by atoms with Gasteiger partial charge in [-0.05, 0) is 57.4 Å². The third-order valence-corrected chi connectivity index (χ3v) is 4.71. The summed E-state index contributed by atoms with van der Waals surface area (Å²) in [5.74, 6) is 0.858. The van der Waals surface area contributed by atoms with E-state index in [1.54, 1.807) is 19.2 Å². The van der Waals surface area contributed by atoms with Crippen molar-refractivity contribution in [3.63, 3.8) is 0 Å². The minimum absolute atomic E-state index is 0.0415. The van der Waals surface area contributed by atoms with Crippen molar-refractivity contribution in [3.05, 3.63) is 52.0 Å². The number of anilines is 1. The van der Waals surface area contributed by atoms with Crippen LogP contribution in [0.4, 0.5) is 5.69 Å². The summed E-state index contributed by atoms with van der Waals surface area (Å²) in [6.07, 6.45) is 1.90. The van der Waals surface area contributed by atoms with E-state index >= 15 is 0 Å². The molecule has 0 saturated carbocycles. The Balaban J connectivity index is 1.98. The molecule has 0 atom stereocenters. The maximum Gasteiger partial charge on any atom is 0.258 e. The van der Waals surface area contributed by atoms with E-state index in [4.69, 9.17) is 21.1 Å². The van der Waals surface area contributed by atoms with Crippen LogP contribution in [0.2, 0.25) is 5.02 Å². The molecule has 0 aliphatic carbocycles. The first-order chi connectivity index (χ1) is 12.4. The largest absolute Gasteiger partial charge is 0.493 e. The standard InChI is InChI=1S/C21H24ClNO3/c1-13(2)26-20-17(22)11-16(12-19(20)25-4)21(24)23-9-5-6-15-10-14(3)7-8-18(15)23/h7-8,10-13H,5-6,9H2,1-4H3. The number of benzene rings is 2. The highest BCUT2D eigenvalue weighted by molar-refractivity contribution is 6.32. The Bertz CT molecular complexity index is 832. The molecule has 0 aromatic heterocycles. The molecule has 1 aliphatic heterocycles. The van der Waals surface area contributed by atoms with Gasteiger partial charge in [0.05, 0.1) is 18.2 Å². The average Bonchev–Trinajstić information content (AvgIpc) is 2.61. The van der Waals surface area contributed by atoms with Crippen LogP contribution in [-0.4, -0.2) is 25.7 Å². The minimum atomic E-state index is -0.0777. The van der Waals surface area contributed by atoms with Crippen LogP contribution in [0.5, 0.6) is 11.5 Å². The molecule has 4 nitrogen and oxygen atoms in total. The zero-order valence-electron chi connectivity index (χ0n) is 15.6. The summed E-state index contributed by atoms with van der Waals surface area (Å²) in [6, 6.07) is 9.58. The van der Waals surface area contributed by atoms with Gasteiger partial charge in [-0.2, -0.15) is 0 Å². The fourth-order valence-electron chi connectivity index (χ4n) is 3.29. The van der Waals surface area contributed by atoms with Crippen molar-refractivity contribution < 1.29 is 14.3 Å². The first-order valence-corrected chi connectivity index (χ1v) is 9.24. The summed E-state index contributed by atoms with van der Waals surface area (Å²) in [6.45, 7) is 6.60. The first-order valence-electron chi connectivity index (χ1n) is 8.86. The number of hydrogen-bond acceptors (Lipinski definition) is 3. The molecule has 5 heteroatoms. The van der Waals surface area contributed by atoms with E-state index in [1.165, 1.54) is 11.1 Å². The maximum atomic E-state index is 13.2. The lowest BCUT2D eigenvalue weighted by Gasteiger charge is -2.30. The van der Waals surface area contributed by atoms with Crippen LogP contribution in [0, 0.1) is 6.92 Å². The third kappa shape index (κ3) is 3.65. The molecule has 2 aromatic carbocycles. The van der Waals surface area contributed by atoms with Crippen molar-refractivity contribution in [2.75, 3.05) is 18.6 Å². The number of carbonyl (C=O) groups is 1. The normalized spacial score (nSPS) is 13.5. The van der Waals surface area contributed by atoms with Crippen LogP contribution < -0.4 is 14.4 Å². The Morgan fingerprint density at radius 1 is 1.23 bits per heavy atom. The molecule has 26 heavy (non-hydrogen) atoms. The number of fused-ring (bicyclic) bond motifs is 1. The van der Waals surface area contributed by atoms with Crippen LogP contribution in [0.15, 0.2) is 30.3 Å². The number of rotatable bonds is 4. The molecule has 0 N–H and O–H groups in total. The van der Waals surface area contributed by atoms with E-state index < -0.39 is 0 Å². The van der Waals surface area contributed by atoms with Crippen LogP contribution in [0.25, 0.3) is 0 Å². The van der Waals surface area contributed by atoms with Crippen LogP contribution in [0.1, 0.15) is 41.8 Å². The van der Waals surface area contributed by atoms with Crippen LogP contribution in [-0.2, 0) is 6.42 Å². The molecule has 0 bridgehead atoms. The smallest absolute Gasteiger partial charge is 0.258 e. The van der Waals surface area contributed by atoms with Gasteiger partial charge in [-0.25, -0.2) is 0 Å². The van der Waals surface area contributed by atoms with Gasteiger partial charge in [-0.1, -0.05) is 29.3 Å². The third-order valence-electron chi connectivity index (χ3n) is 4.43. The molecule has 1 amide bonds. The second-order valence-electron chi connectivity index (χ2n) is 6.85. The molecule has 3 rings (SSSR count). The predicted octanol–water partition coefficient (Wildman–Crippen LogP) is 5.04. The SMILES string of the molecule is COc1cc(C(=O)N2CCCc3cc(C)ccc32)cc(Cl)c1OC(C)C. The van der Waals surface area contributed by atoms with Gasteiger partial charge in [0.15, 0.2) is 11.5 Å². The summed E-state index contributed by atoms with van der Waals surface area (Å²) in [4.78, 5) is 15.0. The highest BCUT2D eigenvalue weighted by atomic mass is 35.5. The molecule has 1 heterocycles. The quantitative estimate of drug-likeness (QED) is 0.753. The van der Waals surface area contributed by atoms with Crippen molar-refractivity contribution in [2.24, 2.45) is 0 Å². The second-order valence-corrected chi connectivity index (χ2v) is 7.26. The second kappa shape index (κ2) is 7.58. The molecule has 0 radical (unpaired) electrons. The van der Waals surface area contributed by atoms with E-state index in [1.807, 2.05) is 30.9 Å². The lowest BCUT2D eigenvalue weighted by Crippen LogP contribution is -2.35. The average molecular weight is 374 g/mol. The molecule has 138 valence electrons. The van der Waals surface area contributed by atoms with Gasteiger partial charge in [0.1, 0.15) is 0 Å². The molecular weight excluding hydrogens is 350 g/mol. The van der Waals surface area contributed by atoms with Crippen molar-refractivity contribution in [2.45, 2.75) is 39.7 Å². The molecular formula is C21H24ClNO3.